The average Bonchev–Trinajstić information content (AvgIpc) is 2.55. The second-order valence-electron chi connectivity index (χ2n) is 6.14. The highest BCUT2D eigenvalue weighted by atomic mass is 15.1. The van der Waals surface area contributed by atoms with Crippen LogP contribution in [-0.2, 0) is 6.54 Å². The molecule has 0 amide bonds. The van der Waals surface area contributed by atoms with Crippen LogP contribution in [0.5, 0.6) is 0 Å². The maximum atomic E-state index is 3.66. The van der Waals surface area contributed by atoms with Gasteiger partial charge in [0, 0.05) is 12.6 Å². The standard InChI is InChI=1S/C19H26N2/c1-2-12-20-18-10-13-21(14-11-18)15-17-8-5-7-16-6-3-4-9-19(16)17/h3-9,18,20H,2,10-15H2,1H3. The van der Waals surface area contributed by atoms with E-state index in [-0.39, 0.29) is 0 Å². The summed E-state index contributed by atoms with van der Waals surface area (Å²) in [4.78, 5) is 2.60. The van der Waals surface area contributed by atoms with E-state index in [1.54, 1.807) is 0 Å². The van der Waals surface area contributed by atoms with Gasteiger partial charge in [-0.1, -0.05) is 49.4 Å². The van der Waals surface area contributed by atoms with E-state index < -0.39 is 0 Å². The molecule has 2 aromatic carbocycles. The molecule has 0 aromatic heterocycles. The Bertz CT molecular complexity index is 565. The number of likely N-dealkylation sites (tertiary alicyclic amines) is 1. The molecule has 0 radical (unpaired) electrons. The molecule has 0 unspecified atom stereocenters. The van der Waals surface area contributed by atoms with Gasteiger partial charge in [-0.05, 0) is 55.2 Å². The number of rotatable bonds is 5. The van der Waals surface area contributed by atoms with Crippen LogP contribution in [0.1, 0.15) is 31.7 Å². The number of nitrogens with one attached hydrogen (secondary N) is 1. The van der Waals surface area contributed by atoms with Crippen LogP contribution in [0.3, 0.4) is 0 Å². The maximum Gasteiger partial charge on any atom is 0.0239 e. The predicted molar refractivity (Wildman–Crippen MR) is 90.5 cm³/mol. The van der Waals surface area contributed by atoms with Crippen LogP contribution in [0, 0.1) is 0 Å². The number of fused-ring (bicyclic) bond motifs is 1. The molecule has 112 valence electrons. The molecule has 1 aliphatic rings. The smallest absolute Gasteiger partial charge is 0.0239 e. The van der Waals surface area contributed by atoms with Gasteiger partial charge in [-0.3, -0.25) is 4.90 Å². The van der Waals surface area contributed by atoms with Crippen molar-refractivity contribution in [3.8, 4) is 0 Å². The summed E-state index contributed by atoms with van der Waals surface area (Å²) in [7, 11) is 0. The van der Waals surface area contributed by atoms with Gasteiger partial charge in [0.25, 0.3) is 0 Å². The van der Waals surface area contributed by atoms with Gasteiger partial charge in [0.05, 0.1) is 0 Å². The summed E-state index contributed by atoms with van der Waals surface area (Å²) in [5, 5.41) is 6.42. The zero-order valence-corrected chi connectivity index (χ0v) is 13.0. The minimum atomic E-state index is 0.730. The number of hydrogen-bond donors (Lipinski definition) is 1. The first kappa shape index (κ1) is 14.6. The summed E-state index contributed by atoms with van der Waals surface area (Å²) in [5.74, 6) is 0. The third kappa shape index (κ3) is 3.63. The van der Waals surface area contributed by atoms with Crippen molar-refractivity contribution in [3.63, 3.8) is 0 Å². The Morgan fingerprint density at radius 3 is 2.62 bits per heavy atom. The van der Waals surface area contributed by atoms with Crippen molar-refractivity contribution in [1.82, 2.24) is 10.2 Å². The van der Waals surface area contributed by atoms with E-state index in [4.69, 9.17) is 0 Å². The van der Waals surface area contributed by atoms with Crippen LogP contribution in [0.4, 0.5) is 0 Å². The molecule has 1 N–H and O–H groups in total. The average molecular weight is 282 g/mol. The highest BCUT2D eigenvalue weighted by Gasteiger charge is 2.18. The van der Waals surface area contributed by atoms with Gasteiger partial charge in [-0.2, -0.15) is 0 Å². The monoisotopic (exact) mass is 282 g/mol. The van der Waals surface area contributed by atoms with Crippen LogP contribution >= 0.6 is 0 Å². The molecule has 0 aliphatic carbocycles. The van der Waals surface area contributed by atoms with Crippen molar-refractivity contribution in [2.75, 3.05) is 19.6 Å². The fraction of sp³-hybridized carbons (Fsp3) is 0.474. The molecule has 0 spiro atoms. The summed E-state index contributed by atoms with van der Waals surface area (Å²) < 4.78 is 0. The Hall–Kier alpha value is -1.38. The van der Waals surface area contributed by atoms with Crippen LogP contribution in [0.15, 0.2) is 42.5 Å². The number of piperidine rings is 1. The minimum absolute atomic E-state index is 0.730. The molecule has 2 aromatic rings. The Balaban J connectivity index is 1.62. The fourth-order valence-electron chi connectivity index (χ4n) is 3.31. The van der Waals surface area contributed by atoms with Crippen molar-refractivity contribution >= 4 is 10.8 Å². The lowest BCUT2D eigenvalue weighted by molar-refractivity contribution is 0.191. The van der Waals surface area contributed by atoms with Crippen LogP contribution in [0.25, 0.3) is 10.8 Å². The number of hydrogen-bond acceptors (Lipinski definition) is 2. The lowest BCUT2D eigenvalue weighted by atomic mass is 10.0. The predicted octanol–water partition coefficient (Wildman–Crippen LogP) is 3.80. The van der Waals surface area contributed by atoms with Crippen LogP contribution in [0.2, 0.25) is 0 Å². The van der Waals surface area contributed by atoms with Gasteiger partial charge < -0.3 is 5.32 Å². The van der Waals surface area contributed by atoms with Crippen LogP contribution < -0.4 is 5.32 Å². The zero-order valence-electron chi connectivity index (χ0n) is 13.0. The summed E-state index contributed by atoms with van der Waals surface area (Å²) in [6.07, 6.45) is 3.80. The Morgan fingerprint density at radius 2 is 1.81 bits per heavy atom. The first-order valence-corrected chi connectivity index (χ1v) is 8.29. The van der Waals surface area contributed by atoms with Gasteiger partial charge in [0.15, 0.2) is 0 Å². The second-order valence-corrected chi connectivity index (χ2v) is 6.14. The largest absolute Gasteiger partial charge is 0.314 e. The fourth-order valence-corrected chi connectivity index (χ4v) is 3.31. The Labute approximate surface area is 128 Å². The normalized spacial score (nSPS) is 17.4. The Kier molecular flexibility index (Phi) is 4.89. The van der Waals surface area contributed by atoms with Crippen molar-refractivity contribution < 1.29 is 0 Å². The first-order valence-electron chi connectivity index (χ1n) is 8.29. The number of benzene rings is 2. The second kappa shape index (κ2) is 7.06. The third-order valence-electron chi connectivity index (χ3n) is 4.54. The maximum absolute atomic E-state index is 3.66. The molecule has 0 saturated carbocycles. The van der Waals surface area contributed by atoms with E-state index in [1.807, 2.05) is 0 Å². The van der Waals surface area contributed by atoms with E-state index in [9.17, 15) is 0 Å². The van der Waals surface area contributed by atoms with Gasteiger partial charge in [0.2, 0.25) is 0 Å². The van der Waals surface area contributed by atoms with E-state index in [0.717, 1.165) is 19.1 Å². The van der Waals surface area contributed by atoms with Crippen molar-refractivity contribution in [2.24, 2.45) is 0 Å². The molecule has 1 aliphatic heterocycles. The lowest BCUT2D eigenvalue weighted by Crippen LogP contribution is -2.42. The number of nitrogens with zero attached hydrogens (tertiary/aromatic N) is 1. The van der Waals surface area contributed by atoms with Crippen molar-refractivity contribution in [3.05, 3.63) is 48.0 Å². The van der Waals surface area contributed by atoms with E-state index in [0.29, 0.717) is 0 Å². The van der Waals surface area contributed by atoms with E-state index >= 15 is 0 Å². The molecular formula is C19H26N2. The highest BCUT2D eigenvalue weighted by Crippen LogP contribution is 2.21. The highest BCUT2D eigenvalue weighted by molar-refractivity contribution is 5.85. The lowest BCUT2D eigenvalue weighted by Gasteiger charge is -2.32. The molecule has 1 fully saturated rings. The minimum Gasteiger partial charge on any atom is -0.314 e. The molecule has 3 rings (SSSR count). The summed E-state index contributed by atoms with van der Waals surface area (Å²) in [6.45, 7) is 6.91. The first-order chi connectivity index (χ1) is 10.4. The SMILES string of the molecule is CCCNC1CCN(Cc2cccc3ccccc23)CC1. The van der Waals surface area contributed by atoms with E-state index in [2.05, 4.69) is 59.6 Å². The van der Waals surface area contributed by atoms with Crippen molar-refractivity contribution in [2.45, 2.75) is 38.8 Å². The van der Waals surface area contributed by atoms with Crippen molar-refractivity contribution in [1.29, 1.82) is 0 Å². The molecule has 1 saturated heterocycles. The molecule has 0 bridgehead atoms. The molecular weight excluding hydrogens is 256 g/mol. The quantitative estimate of drug-likeness (QED) is 0.897. The molecule has 2 nitrogen and oxygen atoms in total. The van der Waals surface area contributed by atoms with Crippen LogP contribution in [-0.4, -0.2) is 30.6 Å². The summed E-state index contributed by atoms with van der Waals surface area (Å²) >= 11 is 0. The molecule has 0 atom stereocenters. The topological polar surface area (TPSA) is 15.3 Å². The third-order valence-corrected chi connectivity index (χ3v) is 4.54. The molecule has 21 heavy (non-hydrogen) atoms. The van der Waals surface area contributed by atoms with Gasteiger partial charge in [-0.25, -0.2) is 0 Å². The Morgan fingerprint density at radius 1 is 1.05 bits per heavy atom. The molecule has 1 heterocycles. The molecule has 2 heteroatoms. The summed E-state index contributed by atoms with van der Waals surface area (Å²) in [6, 6.07) is 16.1. The van der Waals surface area contributed by atoms with Gasteiger partial charge in [-0.15, -0.1) is 0 Å². The zero-order chi connectivity index (χ0) is 14.5. The van der Waals surface area contributed by atoms with Gasteiger partial charge in [0.1, 0.15) is 0 Å². The van der Waals surface area contributed by atoms with Gasteiger partial charge >= 0.3 is 0 Å². The summed E-state index contributed by atoms with van der Waals surface area (Å²) in [5.41, 5.74) is 1.47. The van der Waals surface area contributed by atoms with E-state index in [1.165, 1.54) is 48.7 Å².